The van der Waals surface area contributed by atoms with Crippen LogP contribution in [0.5, 0.6) is 0 Å². The van der Waals surface area contributed by atoms with Gasteiger partial charge in [-0.3, -0.25) is 0 Å². The van der Waals surface area contributed by atoms with E-state index in [1.54, 1.807) is 4.90 Å². The van der Waals surface area contributed by atoms with Crippen molar-refractivity contribution in [1.29, 1.82) is 0 Å². The molecule has 1 atom stereocenters. The molecule has 0 aliphatic carbocycles. The molecule has 0 bridgehead atoms. The minimum absolute atomic E-state index is 0.0879. The Morgan fingerprint density at radius 3 is 2.52 bits per heavy atom. The molecule has 1 aromatic rings. The Morgan fingerprint density at radius 1 is 1.38 bits per heavy atom. The van der Waals surface area contributed by atoms with Crippen molar-refractivity contribution < 1.29 is 14.7 Å². The zero-order chi connectivity index (χ0) is 16.0. The second-order valence-corrected chi connectivity index (χ2v) is 5.39. The maximum absolute atomic E-state index is 12.2. The van der Waals surface area contributed by atoms with Gasteiger partial charge < -0.3 is 15.3 Å². The maximum Gasteiger partial charge on any atom is 0.335 e. The molecule has 1 aromatic carbocycles. The van der Waals surface area contributed by atoms with E-state index in [2.05, 4.69) is 19.2 Å². The topological polar surface area (TPSA) is 69.6 Å². The number of urea groups is 1. The number of carbonyl (C=O) groups is 2. The molecule has 116 valence electrons. The number of halogens is 1. The van der Waals surface area contributed by atoms with E-state index in [9.17, 15) is 9.59 Å². The fraction of sp³-hybridized carbons (Fsp3) is 0.467. The number of amides is 2. The fourth-order valence-corrected chi connectivity index (χ4v) is 2.03. The van der Waals surface area contributed by atoms with Crippen molar-refractivity contribution in [2.75, 3.05) is 18.4 Å². The van der Waals surface area contributed by atoms with Crippen molar-refractivity contribution in [2.24, 2.45) is 5.92 Å². The Morgan fingerprint density at radius 2 is 2.05 bits per heavy atom. The van der Waals surface area contributed by atoms with Crippen LogP contribution in [0.1, 0.15) is 37.6 Å². The fourth-order valence-electron chi connectivity index (χ4n) is 1.80. The summed E-state index contributed by atoms with van der Waals surface area (Å²) in [5.74, 6) is -0.637. The van der Waals surface area contributed by atoms with Crippen molar-refractivity contribution in [3.8, 4) is 0 Å². The first kappa shape index (κ1) is 17.3. The highest BCUT2D eigenvalue weighted by molar-refractivity contribution is 6.34. The van der Waals surface area contributed by atoms with Gasteiger partial charge in [-0.2, -0.15) is 0 Å². The van der Waals surface area contributed by atoms with Gasteiger partial charge in [-0.15, -0.1) is 0 Å². The average Bonchev–Trinajstić information content (AvgIpc) is 2.46. The number of hydrogen-bond donors (Lipinski definition) is 2. The lowest BCUT2D eigenvalue weighted by molar-refractivity contribution is 0.0697. The number of aromatic carboxylic acids is 1. The second kappa shape index (κ2) is 7.88. The van der Waals surface area contributed by atoms with Crippen LogP contribution in [-0.2, 0) is 0 Å². The number of hydrogen-bond acceptors (Lipinski definition) is 2. The lowest BCUT2D eigenvalue weighted by Crippen LogP contribution is -2.37. The summed E-state index contributed by atoms with van der Waals surface area (Å²) < 4.78 is 0. The van der Waals surface area contributed by atoms with E-state index >= 15 is 0 Å². The SMILES string of the molecule is CCC(C)CN(CC)C(=O)Nc1ccc(C(=O)O)cc1Cl. The molecule has 0 heterocycles. The van der Waals surface area contributed by atoms with Crippen LogP contribution in [0.4, 0.5) is 10.5 Å². The summed E-state index contributed by atoms with van der Waals surface area (Å²) in [6.45, 7) is 7.35. The molecular weight excluding hydrogens is 292 g/mol. The molecule has 0 aliphatic heterocycles. The van der Waals surface area contributed by atoms with Crippen LogP contribution in [0.25, 0.3) is 0 Å². The predicted molar refractivity (Wildman–Crippen MR) is 84.1 cm³/mol. The molecule has 1 rings (SSSR count). The van der Waals surface area contributed by atoms with Gasteiger partial charge in [0.2, 0.25) is 0 Å². The van der Waals surface area contributed by atoms with Crippen molar-refractivity contribution in [1.82, 2.24) is 4.90 Å². The number of nitrogens with one attached hydrogen (secondary N) is 1. The lowest BCUT2D eigenvalue weighted by Gasteiger charge is -2.24. The number of carboxylic acid groups (broad SMARTS) is 1. The lowest BCUT2D eigenvalue weighted by atomic mass is 10.1. The van der Waals surface area contributed by atoms with Crippen LogP contribution in [0.3, 0.4) is 0 Å². The van der Waals surface area contributed by atoms with E-state index in [1.165, 1.54) is 18.2 Å². The first-order chi connectivity index (χ1) is 9.88. The van der Waals surface area contributed by atoms with Crippen molar-refractivity contribution >= 4 is 29.3 Å². The highest BCUT2D eigenvalue weighted by atomic mass is 35.5. The first-order valence-corrected chi connectivity index (χ1v) is 7.35. The highest BCUT2D eigenvalue weighted by Crippen LogP contribution is 2.23. The van der Waals surface area contributed by atoms with E-state index in [0.717, 1.165) is 6.42 Å². The van der Waals surface area contributed by atoms with Gasteiger partial charge >= 0.3 is 12.0 Å². The summed E-state index contributed by atoms with van der Waals surface area (Å²) >= 11 is 6.00. The summed E-state index contributed by atoms with van der Waals surface area (Å²) in [4.78, 5) is 24.8. The molecule has 1 unspecified atom stereocenters. The van der Waals surface area contributed by atoms with E-state index in [4.69, 9.17) is 16.7 Å². The molecule has 21 heavy (non-hydrogen) atoms. The zero-order valence-electron chi connectivity index (χ0n) is 12.5. The van der Waals surface area contributed by atoms with Crippen molar-refractivity contribution in [2.45, 2.75) is 27.2 Å². The number of benzene rings is 1. The third kappa shape index (κ3) is 4.93. The van der Waals surface area contributed by atoms with Crippen LogP contribution in [0.15, 0.2) is 18.2 Å². The third-order valence-electron chi connectivity index (χ3n) is 3.36. The van der Waals surface area contributed by atoms with Crippen LogP contribution in [0, 0.1) is 5.92 Å². The smallest absolute Gasteiger partial charge is 0.335 e. The van der Waals surface area contributed by atoms with Gasteiger partial charge in [-0.1, -0.05) is 31.9 Å². The minimum atomic E-state index is -1.05. The molecule has 0 saturated carbocycles. The number of anilines is 1. The zero-order valence-corrected chi connectivity index (χ0v) is 13.3. The summed E-state index contributed by atoms with van der Waals surface area (Å²) in [6.07, 6.45) is 0.998. The molecule has 0 spiro atoms. The summed E-state index contributed by atoms with van der Waals surface area (Å²) in [5.41, 5.74) is 0.499. The number of rotatable bonds is 6. The van der Waals surface area contributed by atoms with Crippen molar-refractivity contribution in [3.05, 3.63) is 28.8 Å². The molecule has 2 N–H and O–H groups in total. The van der Waals surface area contributed by atoms with Gasteiger partial charge in [0.25, 0.3) is 0 Å². The van der Waals surface area contributed by atoms with Crippen LogP contribution >= 0.6 is 11.6 Å². The summed E-state index contributed by atoms with van der Waals surface area (Å²) in [5, 5.41) is 11.8. The van der Waals surface area contributed by atoms with E-state index in [0.29, 0.717) is 24.7 Å². The van der Waals surface area contributed by atoms with Gasteiger partial charge in [-0.25, -0.2) is 9.59 Å². The molecule has 5 nitrogen and oxygen atoms in total. The van der Waals surface area contributed by atoms with Gasteiger partial charge in [0.05, 0.1) is 16.3 Å². The number of nitrogens with zero attached hydrogens (tertiary/aromatic N) is 1. The summed E-state index contributed by atoms with van der Waals surface area (Å²) in [7, 11) is 0. The van der Waals surface area contributed by atoms with Gasteiger partial charge in [0.1, 0.15) is 0 Å². The molecule has 0 aliphatic rings. The van der Waals surface area contributed by atoms with Gasteiger partial charge in [0.15, 0.2) is 0 Å². The van der Waals surface area contributed by atoms with Gasteiger partial charge in [-0.05, 0) is 31.0 Å². The Labute approximate surface area is 129 Å². The molecule has 6 heteroatoms. The summed E-state index contributed by atoms with van der Waals surface area (Å²) in [6, 6.07) is 4.00. The Balaban J connectivity index is 2.79. The molecular formula is C15H21ClN2O3. The predicted octanol–water partition coefficient (Wildman–Crippen LogP) is 3.94. The van der Waals surface area contributed by atoms with E-state index in [1.807, 2.05) is 6.92 Å². The van der Waals surface area contributed by atoms with E-state index in [-0.39, 0.29) is 16.6 Å². The quantitative estimate of drug-likeness (QED) is 0.836. The molecule has 2 amide bonds. The van der Waals surface area contributed by atoms with Gasteiger partial charge in [0, 0.05) is 13.1 Å². The molecule has 0 fully saturated rings. The maximum atomic E-state index is 12.2. The highest BCUT2D eigenvalue weighted by Gasteiger charge is 2.16. The number of carbonyl (C=O) groups excluding carboxylic acids is 1. The average molecular weight is 313 g/mol. The number of carboxylic acids is 1. The largest absolute Gasteiger partial charge is 0.478 e. The molecule has 0 saturated heterocycles. The van der Waals surface area contributed by atoms with Crippen LogP contribution in [0.2, 0.25) is 5.02 Å². The van der Waals surface area contributed by atoms with Crippen LogP contribution < -0.4 is 5.32 Å². The minimum Gasteiger partial charge on any atom is -0.478 e. The molecule has 0 radical (unpaired) electrons. The normalized spacial score (nSPS) is 11.8. The van der Waals surface area contributed by atoms with Crippen LogP contribution in [-0.4, -0.2) is 35.1 Å². The van der Waals surface area contributed by atoms with Crippen molar-refractivity contribution in [3.63, 3.8) is 0 Å². The second-order valence-electron chi connectivity index (χ2n) is 4.98. The monoisotopic (exact) mass is 312 g/mol. The Kier molecular flexibility index (Phi) is 6.49. The standard InChI is InChI=1S/C15H21ClN2O3/c1-4-10(3)9-18(5-2)15(21)17-13-7-6-11(14(19)20)8-12(13)16/h6-8,10H,4-5,9H2,1-3H3,(H,17,21)(H,19,20). The first-order valence-electron chi connectivity index (χ1n) is 6.97. The molecule has 0 aromatic heterocycles. The Bertz CT molecular complexity index is 520. The Hall–Kier alpha value is -1.75. The third-order valence-corrected chi connectivity index (χ3v) is 3.67. The van der Waals surface area contributed by atoms with E-state index < -0.39 is 5.97 Å².